The number of aromatic nitrogens is 2. The molecule has 3 aromatic carbocycles. The van der Waals surface area contributed by atoms with Crippen LogP contribution >= 0.6 is 0 Å². The number of methoxy groups -OCH3 is 1. The highest BCUT2D eigenvalue weighted by molar-refractivity contribution is 5.74. The Morgan fingerprint density at radius 2 is 1.76 bits per heavy atom. The normalized spacial score (nSPS) is 11.8. The largest absolute Gasteiger partial charge is 0.480 e. The standard InChI is InChI=1S/C27H23F4N3O4/c1-34(14-23(35)36)13-17-6-5-8-21(24(17)28)25-32-26(38-33-25)16-10-11-19(18(12-16)15-37-2)20-7-3-4-9-22(20)27(29,30)31/h3-12H,13-15H2,1-2H3,(H,35,36). The van der Waals surface area contributed by atoms with Crippen molar-refractivity contribution in [2.24, 2.45) is 0 Å². The van der Waals surface area contributed by atoms with Crippen LogP contribution in [0.25, 0.3) is 34.0 Å². The first-order valence-corrected chi connectivity index (χ1v) is 11.4. The van der Waals surface area contributed by atoms with Gasteiger partial charge in [0.15, 0.2) is 0 Å². The highest BCUT2D eigenvalue weighted by Gasteiger charge is 2.33. The Hall–Kier alpha value is -4.09. The fraction of sp³-hybridized carbons (Fsp3) is 0.222. The Kier molecular flexibility index (Phi) is 7.88. The Bertz CT molecular complexity index is 1450. The van der Waals surface area contributed by atoms with Gasteiger partial charge in [-0.25, -0.2) is 4.39 Å². The number of aliphatic carboxylic acids is 1. The zero-order valence-electron chi connectivity index (χ0n) is 20.4. The van der Waals surface area contributed by atoms with Crippen LogP contribution in [-0.2, 0) is 28.9 Å². The van der Waals surface area contributed by atoms with E-state index in [1.165, 1.54) is 48.4 Å². The van der Waals surface area contributed by atoms with E-state index in [4.69, 9.17) is 14.4 Å². The zero-order chi connectivity index (χ0) is 27.4. The van der Waals surface area contributed by atoms with E-state index >= 15 is 4.39 Å². The SMILES string of the molecule is COCc1cc(-c2nc(-c3cccc(CN(C)CC(=O)O)c3F)no2)ccc1-c1ccccc1C(F)(F)F. The van der Waals surface area contributed by atoms with Crippen LogP contribution in [0.1, 0.15) is 16.7 Å². The Morgan fingerprint density at radius 1 is 1.03 bits per heavy atom. The minimum Gasteiger partial charge on any atom is -0.480 e. The van der Waals surface area contributed by atoms with E-state index in [1.54, 1.807) is 25.2 Å². The van der Waals surface area contributed by atoms with Gasteiger partial charge in [-0.05, 0) is 48.0 Å². The van der Waals surface area contributed by atoms with Gasteiger partial charge in [-0.3, -0.25) is 9.69 Å². The fourth-order valence-corrected chi connectivity index (χ4v) is 4.13. The van der Waals surface area contributed by atoms with Crippen LogP contribution in [0.2, 0.25) is 0 Å². The van der Waals surface area contributed by atoms with Crippen LogP contribution in [0.5, 0.6) is 0 Å². The molecule has 0 radical (unpaired) electrons. The van der Waals surface area contributed by atoms with E-state index < -0.39 is 23.5 Å². The van der Waals surface area contributed by atoms with E-state index in [9.17, 15) is 18.0 Å². The molecule has 0 bridgehead atoms. The lowest BCUT2D eigenvalue weighted by molar-refractivity contribution is -0.138. The third-order valence-corrected chi connectivity index (χ3v) is 5.77. The quantitative estimate of drug-likeness (QED) is 0.271. The molecule has 198 valence electrons. The molecule has 4 aromatic rings. The first kappa shape index (κ1) is 27.0. The summed E-state index contributed by atoms with van der Waals surface area (Å²) >= 11 is 0. The second-order valence-electron chi connectivity index (χ2n) is 8.62. The molecule has 0 saturated carbocycles. The van der Waals surface area contributed by atoms with Gasteiger partial charge < -0.3 is 14.4 Å². The number of hydrogen-bond acceptors (Lipinski definition) is 6. The molecule has 0 aliphatic heterocycles. The average molecular weight is 529 g/mol. The summed E-state index contributed by atoms with van der Waals surface area (Å²) in [7, 11) is 2.99. The second kappa shape index (κ2) is 11.1. The molecule has 7 nitrogen and oxygen atoms in total. The van der Waals surface area contributed by atoms with E-state index in [2.05, 4.69) is 10.1 Å². The van der Waals surface area contributed by atoms with Crippen LogP contribution in [0, 0.1) is 5.82 Å². The molecular weight excluding hydrogens is 506 g/mol. The summed E-state index contributed by atoms with van der Waals surface area (Å²) in [6.45, 7) is -0.182. The number of halogens is 4. The van der Waals surface area contributed by atoms with Gasteiger partial charge in [-0.15, -0.1) is 0 Å². The highest BCUT2D eigenvalue weighted by atomic mass is 19.4. The van der Waals surface area contributed by atoms with Gasteiger partial charge in [0.25, 0.3) is 5.89 Å². The van der Waals surface area contributed by atoms with Crippen LogP contribution in [0.15, 0.2) is 65.2 Å². The van der Waals surface area contributed by atoms with Crippen LogP contribution in [-0.4, -0.2) is 46.8 Å². The molecule has 0 unspecified atom stereocenters. The second-order valence-corrected chi connectivity index (χ2v) is 8.62. The molecule has 0 fully saturated rings. The number of benzene rings is 3. The summed E-state index contributed by atoms with van der Waals surface area (Å²) in [5.41, 5.74) is 0.790. The average Bonchev–Trinajstić information content (AvgIpc) is 3.35. The van der Waals surface area contributed by atoms with Gasteiger partial charge in [0, 0.05) is 24.8 Å². The fourth-order valence-electron chi connectivity index (χ4n) is 4.13. The third kappa shape index (κ3) is 5.90. The van der Waals surface area contributed by atoms with E-state index in [0.717, 1.165) is 6.07 Å². The molecule has 11 heteroatoms. The van der Waals surface area contributed by atoms with Crippen LogP contribution in [0.4, 0.5) is 17.6 Å². The van der Waals surface area contributed by atoms with Crippen molar-refractivity contribution < 1.29 is 36.7 Å². The number of carboxylic acids is 1. The molecule has 4 rings (SSSR count). The number of rotatable bonds is 9. The molecule has 38 heavy (non-hydrogen) atoms. The number of carbonyl (C=O) groups is 1. The smallest absolute Gasteiger partial charge is 0.417 e. The molecule has 0 spiro atoms. The number of hydrogen-bond donors (Lipinski definition) is 1. The van der Waals surface area contributed by atoms with Crippen LogP contribution < -0.4 is 0 Å². The zero-order valence-corrected chi connectivity index (χ0v) is 20.4. The maximum absolute atomic E-state index is 15.2. The molecule has 1 aromatic heterocycles. The van der Waals surface area contributed by atoms with Crippen molar-refractivity contribution >= 4 is 5.97 Å². The summed E-state index contributed by atoms with van der Waals surface area (Å²) < 4.78 is 66.7. The van der Waals surface area contributed by atoms with Crippen molar-refractivity contribution in [2.45, 2.75) is 19.3 Å². The number of carboxylic acid groups (broad SMARTS) is 1. The minimum atomic E-state index is -4.54. The van der Waals surface area contributed by atoms with Crippen molar-refractivity contribution in [1.29, 1.82) is 0 Å². The lowest BCUT2D eigenvalue weighted by atomic mass is 9.94. The highest BCUT2D eigenvalue weighted by Crippen LogP contribution is 2.39. The number of nitrogens with zero attached hydrogens (tertiary/aromatic N) is 3. The lowest BCUT2D eigenvalue weighted by Gasteiger charge is -2.16. The molecular formula is C27H23F4N3O4. The maximum Gasteiger partial charge on any atom is 0.417 e. The predicted molar refractivity (Wildman–Crippen MR) is 130 cm³/mol. The monoisotopic (exact) mass is 529 g/mol. The van der Waals surface area contributed by atoms with Gasteiger partial charge in [-0.1, -0.05) is 41.6 Å². The van der Waals surface area contributed by atoms with Crippen molar-refractivity contribution in [2.75, 3.05) is 20.7 Å². The summed E-state index contributed by atoms with van der Waals surface area (Å²) in [5.74, 6) is -1.63. The number of likely N-dealkylation sites (N-methyl/N-ethyl adjacent to an activating group) is 1. The summed E-state index contributed by atoms with van der Waals surface area (Å²) in [6.07, 6.45) is -4.54. The van der Waals surface area contributed by atoms with Gasteiger partial charge in [0.1, 0.15) is 5.82 Å². The topological polar surface area (TPSA) is 88.7 Å². The molecule has 0 amide bonds. The first-order chi connectivity index (χ1) is 18.1. The summed E-state index contributed by atoms with van der Waals surface area (Å²) in [5, 5.41) is 12.8. The van der Waals surface area contributed by atoms with Crippen molar-refractivity contribution in [3.05, 3.63) is 83.2 Å². The van der Waals surface area contributed by atoms with E-state index in [-0.39, 0.29) is 48.1 Å². The maximum atomic E-state index is 15.2. The summed E-state index contributed by atoms with van der Waals surface area (Å²) in [6, 6.07) is 14.5. The minimum absolute atomic E-state index is 0.0107. The molecule has 0 atom stereocenters. The van der Waals surface area contributed by atoms with E-state index in [0.29, 0.717) is 16.7 Å². The Morgan fingerprint density at radius 3 is 2.47 bits per heavy atom. The Balaban J connectivity index is 1.68. The molecule has 0 aliphatic carbocycles. The Labute approximate surface area is 215 Å². The van der Waals surface area contributed by atoms with Crippen molar-refractivity contribution in [3.63, 3.8) is 0 Å². The predicted octanol–water partition coefficient (Wildman–Crippen LogP) is 5.89. The van der Waals surface area contributed by atoms with Crippen molar-refractivity contribution in [3.8, 4) is 34.0 Å². The van der Waals surface area contributed by atoms with E-state index in [1.807, 2.05) is 0 Å². The van der Waals surface area contributed by atoms with Gasteiger partial charge in [-0.2, -0.15) is 18.2 Å². The number of alkyl halides is 3. The summed E-state index contributed by atoms with van der Waals surface area (Å²) in [4.78, 5) is 16.7. The molecule has 1 heterocycles. The first-order valence-electron chi connectivity index (χ1n) is 11.4. The molecule has 0 aliphatic rings. The van der Waals surface area contributed by atoms with Gasteiger partial charge in [0.05, 0.1) is 24.3 Å². The van der Waals surface area contributed by atoms with Crippen molar-refractivity contribution in [1.82, 2.24) is 15.0 Å². The van der Waals surface area contributed by atoms with Gasteiger partial charge in [0.2, 0.25) is 5.82 Å². The number of ether oxygens (including phenoxy) is 1. The lowest BCUT2D eigenvalue weighted by Crippen LogP contribution is -2.25. The van der Waals surface area contributed by atoms with Gasteiger partial charge >= 0.3 is 12.1 Å². The molecule has 1 N–H and O–H groups in total. The van der Waals surface area contributed by atoms with Crippen LogP contribution in [0.3, 0.4) is 0 Å². The molecule has 0 saturated heterocycles. The third-order valence-electron chi connectivity index (χ3n) is 5.77.